The first-order valence-electron chi connectivity index (χ1n) is 13.3. The van der Waals surface area contributed by atoms with Gasteiger partial charge in [0.05, 0.1) is 30.3 Å². The number of nitrogens with one attached hydrogen (secondary N) is 2. The van der Waals surface area contributed by atoms with Crippen LogP contribution in [-0.2, 0) is 9.59 Å². The largest absolute Gasteiger partial charge is 0.494 e. The summed E-state index contributed by atoms with van der Waals surface area (Å²) in [4.78, 5) is 24.5. The fourth-order valence-corrected chi connectivity index (χ4v) is 4.58. The van der Waals surface area contributed by atoms with Crippen LogP contribution in [0.15, 0.2) is 71.1 Å². The summed E-state index contributed by atoms with van der Waals surface area (Å²) < 4.78 is 17.2. The van der Waals surface area contributed by atoms with Crippen molar-refractivity contribution in [3.8, 4) is 17.2 Å². The lowest BCUT2D eigenvalue weighted by atomic mass is 9.80. The number of carboxylic acid groups (broad SMARTS) is 2. The van der Waals surface area contributed by atoms with Crippen LogP contribution in [0, 0.1) is 0 Å². The second-order valence-electron chi connectivity index (χ2n) is 9.42. The number of hydrogen-bond acceptors (Lipinski definition) is 8. The molecule has 0 aromatic heterocycles. The van der Waals surface area contributed by atoms with Gasteiger partial charge in [0.1, 0.15) is 30.0 Å². The van der Waals surface area contributed by atoms with E-state index in [2.05, 4.69) is 10.6 Å². The van der Waals surface area contributed by atoms with Gasteiger partial charge in [0.15, 0.2) is 0 Å². The van der Waals surface area contributed by atoms with Crippen molar-refractivity contribution in [2.45, 2.75) is 45.6 Å². The van der Waals surface area contributed by atoms with Crippen molar-refractivity contribution in [1.29, 1.82) is 0 Å². The molecule has 10 heteroatoms. The highest BCUT2D eigenvalue weighted by atomic mass is 16.5. The Morgan fingerprint density at radius 1 is 0.925 bits per heavy atom. The van der Waals surface area contributed by atoms with Crippen molar-refractivity contribution in [2.75, 3.05) is 32.9 Å². The molecule has 1 aliphatic rings. The number of benzene rings is 2. The van der Waals surface area contributed by atoms with Crippen LogP contribution in [0.1, 0.15) is 45.1 Å². The third-order valence-electron chi connectivity index (χ3n) is 6.40. The summed E-state index contributed by atoms with van der Waals surface area (Å²) in [6, 6.07) is 14.4. The zero-order chi connectivity index (χ0) is 29.1. The van der Waals surface area contributed by atoms with Crippen LogP contribution >= 0.6 is 0 Å². The van der Waals surface area contributed by atoms with Crippen molar-refractivity contribution in [3.63, 3.8) is 0 Å². The number of ether oxygens (including phenoxy) is 3. The highest BCUT2D eigenvalue weighted by Crippen LogP contribution is 2.43. The Balaban J connectivity index is 1.62. The summed E-state index contributed by atoms with van der Waals surface area (Å²) in [5.74, 6) is -1.87. The van der Waals surface area contributed by atoms with E-state index in [1.54, 1.807) is 32.0 Å². The Bertz CT molecular complexity index is 1190. The Kier molecular flexibility index (Phi) is 11.4. The second kappa shape index (κ2) is 14.9. The van der Waals surface area contributed by atoms with Gasteiger partial charge < -0.3 is 40.2 Å². The van der Waals surface area contributed by atoms with Gasteiger partial charge in [-0.3, -0.25) is 0 Å². The molecule has 2 aromatic rings. The first kappa shape index (κ1) is 30.5. The zero-order valence-electron chi connectivity index (χ0n) is 23.1. The maximum absolute atomic E-state index is 12.2. The van der Waals surface area contributed by atoms with Gasteiger partial charge in [0, 0.05) is 23.5 Å². The first-order chi connectivity index (χ1) is 19.2. The number of aliphatic hydroxyl groups excluding tert-OH is 1. The van der Waals surface area contributed by atoms with Crippen LogP contribution in [0.4, 0.5) is 0 Å². The van der Waals surface area contributed by atoms with E-state index < -0.39 is 24.0 Å². The van der Waals surface area contributed by atoms with Gasteiger partial charge in [0.25, 0.3) is 0 Å². The lowest BCUT2D eigenvalue weighted by Crippen LogP contribution is -2.32. The number of para-hydroxylation sites is 1. The standard InChI is InChI=1S/C30H38N2O8/c1-4-38-23-12-13-25(24(16-23)28-26(29(34)35)19(2)32-20(3)27(28)30(36)37)39-15-9-8-14-31-17-21(33)18-40-22-10-6-5-7-11-22/h5-7,10-13,16,21,28,31-33H,4,8-9,14-15,17-18H2,1-3H3,(H,34,35)(H,36,37)/t21-/m0/s1. The molecule has 1 atom stereocenters. The highest BCUT2D eigenvalue weighted by Gasteiger charge is 2.38. The third kappa shape index (κ3) is 8.24. The molecule has 0 aliphatic carbocycles. The molecule has 1 heterocycles. The maximum Gasteiger partial charge on any atom is 0.334 e. The van der Waals surface area contributed by atoms with Crippen molar-refractivity contribution >= 4 is 11.9 Å². The lowest BCUT2D eigenvalue weighted by molar-refractivity contribution is -0.133. The van der Waals surface area contributed by atoms with E-state index in [1.807, 2.05) is 37.3 Å². The summed E-state index contributed by atoms with van der Waals surface area (Å²) in [6.45, 7) is 7.03. The van der Waals surface area contributed by atoms with E-state index in [-0.39, 0.29) is 17.8 Å². The fraction of sp³-hybridized carbons (Fsp3) is 0.400. The van der Waals surface area contributed by atoms with E-state index in [0.29, 0.717) is 66.9 Å². The molecule has 0 fully saturated rings. The molecule has 1 aliphatic heterocycles. The quantitative estimate of drug-likeness (QED) is 0.195. The zero-order valence-corrected chi connectivity index (χ0v) is 23.1. The van der Waals surface area contributed by atoms with Crippen LogP contribution < -0.4 is 24.8 Å². The number of allylic oxidation sites excluding steroid dienone is 2. The molecule has 0 unspecified atom stereocenters. The van der Waals surface area contributed by atoms with Crippen LogP contribution in [-0.4, -0.2) is 66.3 Å². The van der Waals surface area contributed by atoms with Gasteiger partial charge in [-0.2, -0.15) is 0 Å². The smallest absolute Gasteiger partial charge is 0.334 e. The highest BCUT2D eigenvalue weighted by molar-refractivity contribution is 5.98. The number of carbonyl (C=O) groups is 2. The summed E-state index contributed by atoms with van der Waals surface area (Å²) in [7, 11) is 0. The van der Waals surface area contributed by atoms with E-state index in [1.165, 1.54) is 0 Å². The number of aliphatic hydroxyl groups is 1. The van der Waals surface area contributed by atoms with Crippen LogP contribution in [0.5, 0.6) is 17.2 Å². The summed E-state index contributed by atoms with van der Waals surface area (Å²) in [6.07, 6.45) is 0.807. The van der Waals surface area contributed by atoms with Crippen LogP contribution in [0.3, 0.4) is 0 Å². The van der Waals surface area contributed by atoms with Gasteiger partial charge in [-0.1, -0.05) is 18.2 Å². The van der Waals surface area contributed by atoms with Crippen LogP contribution in [0.25, 0.3) is 0 Å². The van der Waals surface area contributed by atoms with Gasteiger partial charge >= 0.3 is 11.9 Å². The minimum atomic E-state index is -1.21. The molecule has 5 N–H and O–H groups in total. The lowest BCUT2D eigenvalue weighted by Gasteiger charge is -2.30. The third-order valence-corrected chi connectivity index (χ3v) is 6.40. The molecule has 3 rings (SSSR count). The predicted octanol–water partition coefficient (Wildman–Crippen LogP) is 3.68. The van der Waals surface area contributed by atoms with Gasteiger partial charge in [0.2, 0.25) is 0 Å². The average molecular weight is 555 g/mol. The van der Waals surface area contributed by atoms with Crippen molar-refractivity contribution in [2.24, 2.45) is 0 Å². The summed E-state index contributed by atoms with van der Waals surface area (Å²) >= 11 is 0. The summed E-state index contributed by atoms with van der Waals surface area (Å²) in [5, 5.41) is 36.2. The Morgan fingerprint density at radius 3 is 2.23 bits per heavy atom. The molecule has 0 amide bonds. The molecule has 0 radical (unpaired) electrons. The van der Waals surface area contributed by atoms with E-state index in [0.717, 1.165) is 6.42 Å². The van der Waals surface area contributed by atoms with Gasteiger partial charge in [-0.05, 0) is 70.5 Å². The fourth-order valence-electron chi connectivity index (χ4n) is 4.58. The number of rotatable bonds is 16. The normalized spacial score (nSPS) is 14.5. The average Bonchev–Trinajstić information content (AvgIpc) is 2.91. The Morgan fingerprint density at radius 2 is 1.60 bits per heavy atom. The Labute approximate surface area is 234 Å². The molecule has 10 nitrogen and oxygen atoms in total. The van der Waals surface area contributed by atoms with Crippen molar-refractivity contribution in [3.05, 3.63) is 76.6 Å². The molecule has 2 aromatic carbocycles. The van der Waals surface area contributed by atoms with E-state index >= 15 is 0 Å². The molecular weight excluding hydrogens is 516 g/mol. The Hall–Kier alpha value is -4.02. The molecule has 0 bridgehead atoms. The predicted molar refractivity (Wildman–Crippen MR) is 150 cm³/mol. The second-order valence-corrected chi connectivity index (χ2v) is 9.42. The first-order valence-corrected chi connectivity index (χ1v) is 13.3. The monoisotopic (exact) mass is 554 g/mol. The number of dihydropyridines is 1. The molecule has 0 spiro atoms. The minimum Gasteiger partial charge on any atom is -0.494 e. The SMILES string of the molecule is CCOc1ccc(OCCCCNC[C@H](O)COc2ccccc2)c(C2C(C(=O)O)=C(C)NC(C)=C2C(=O)O)c1. The molecule has 40 heavy (non-hydrogen) atoms. The summed E-state index contributed by atoms with van der Waals surface area (Å²) in [5.41, 5.74) is 1.05. The number of aliphatic carboxylic acids is 2. The van der Waals surface area contributed by atoms with Gasteiger partial charge in [-0.15, -0.1) is 0 Å². The van der Waals surface area contributed by atoms with Crippen molar-refractivity contribution in [1.82, 2.24) is 10.6 Å². The molecular formula is C30H38N2O8. The topological polar surface area (TPSA) is 147 Å². The number of unbranched alkanes of at least 4 members (excludes halogenated alkanes) is 1. The van der Waals surface area contributed by atoms with Gasteiger partial charge in [-0.25, -0.2) is 9.59 Å². The number of hydrogen-bond donors (Lipinski definition) is 5. The number of carboxylic acids is 2. The molecule has 216 valence electrons. The minimum absolute atomic E-state index is 0.0551. The van der Waals surface area contributed by atoms with E-state index in [9.17, 15) is 24.9 Å². The maximum atomic E-state index is 12.2. The van der Waals surface area contributed by atoms with Crippen LogP contribution in [0.2, 0.25) is 0 Å². The van der Waals surface area contributed by atoms with Crippen molar-refractivity contribution < 1.29 is 39.1 Å². The van der Waals surface area contributed by atoms with E-state index in [4.69, 9.17) is 14.2 Å². The molecule has 0 saturated heterocycles. The molecule has 0 saturated carbocycles.